The maximum atomic E-state index is 12.0. The fourth-order valence-corrected chi connectivity index (χ4v) is 2.67. The first-order chi connectivity index (χ1) is 10.6. The summed E-state index contributed by atoms with van der Waals surface area (Å²) in [6, 6.07) is 7.16. The number of anilines is 1. The van der Waals surface area contributed by atoms with Crippen molar-refractivity contribution in [2.45, 2.75) is 51.6 Å². The van der Waals surface area contributed by atoms with Gasteiger partial charge in [0.05, 0.1) is 6.04 Å². The van der Waals surface area contributed by atoms with Gasteiger partial charge < -0.3 is 16.0 Å². The third-order valence-corrected chi connectivity index (χ3v) is 3.93. The molecule has 22 heavy (non-hydrogen) atoms. The Morgan fingerprint density at radius 3 is 2.95 bits per heavy atom. The molecule has 1 atom stereocenters. The molecule has 0 aliphatic carbocycles. The van der Waals surface area contributed by atoms with Gasteiger partial charge in [-0.05, 0) is 37.0 Å². The van der Waals surface area contributed by atoms with Crippen molar-refractivity contribution in [3.8, 4) is 0 Å². The molecule has 2 rings (SSSR count). The standard InChI is InChI=1S/C17H25N3O2/c1-2-6-15(18)17(22)19-14-8-5-7-13(11-14)12-20-10-4-3-9-16(20)21/h5,7-8,11,15H,2-4,6,9-10,12,18H2,1H3,(H,19,22). The van der Waals surface area contributed by atoms with Crippen LogP contribution in [0, 0.1) is 0 Å². The number of nitrogens with one attached hydrogen (secondary N) is 1. The van der Waals surface area contributed by atoms with E-state index < -0.39 is 6.04 Å². The number of rotatable bonds is 6. The smallest absolute Gasteiger partial charge is 0.241 e. The minimum atomic E-state index is -0.475. The highest BCUT2D eigenvalue weighted by atomic mass is 16.2. The summed E-state index contributed by atoms with van der Waals surface area (Å²) in [6.07, 6.45) is 4.25. The van der Waals surface area contributed by atoms with E-state index in [0.717, 1.165) is 37.1 Å². The van der Waals surface area contributed by atoms with E-state index in [4.69, 9.17) is 5.73 Å². The summed E-state index contributed by atoms with van der Waals surface area (Å²) in [4.78, 5) is 25.7. The van der Waals surface area contributed by atoms with E-state index >= 15 is 0 Å². The average Bonchev–Trinajstić information content (AvgIpc) is 2.50. The van der Waals surface area contributed by atoms with Crippen molar-refractivity contribution >= 4 is 17.5 Å². The largest absolute Gasteiger partial charge is 0.338 e. The van der Waals surface area contributed by atoms with Crippen LogP contribution in [0.5, 0.6) is 0 Å². The Balaban J connectivity index is 1.97. The molecule has 1 heterocycles. The van der Waals surface area contributed by atoms with E-state index in [1.54, 1.807) is 0 Å². The van der Waals surface area contributed by atoms with Gasteiger partial charge in [-0.3, -0.25) is 9.59 Å². The molecule has 1 aliphatic heterocycles. The topological polar surface area (TPSA) is 75.4 Å². The Bertz CT molecular complexity index is 530. The maximum absolute atomic E-state index is 12.0. The van der Waals surface area contributed by atoms with Crippen molar-refractivity contribution in [2.24, 2.45) is 5.73 Å². The van der Waals surface area contributed by atoms with Crippen LogP contribution < -0.4 is 11.1 Å². The number of amides is 2. The molecule has 1 aliphatic rings. The molecule has 1 unspecified atom stereocenters. The summed E-state index contributed by atoms with van der Waals surface area (Å²) in [7, 11) is 0. The van der Waals surface area contributed by atoms with Gasteiger partial charge in [-0.1, -0.05) is 25.5 Å². The van der Waals surface area contributed by atoms with Crippen molar-refractivity contribution < 1.29 is 9.59 Å². The molecular formula is C17H25N3O2. The predicted octanol–water partition coefficient (Wildman–Crippen LogP) is 2.27. The Labute approximate surface area is 131 Å². The van der Waals surface area contributed by atoms with Crippen molar-refractivity contribution in [1.29, 1.82) is 0 Å². The second-order valence-corrected chi connectivity index (χ2v) is 5.86. The van der Waals surface area contributed by atoms with E-state index in [9.17, 15) is 9.59 Å². The van der Waals surface area contributed by atoms with Gasteiger partial charge in [0.1, 0.15) is 0 Å². The maximum Gasteiger partial charge on any atom is 0.241 e. The fourth-order valence-electron chi connectivity index (χ4n) is 2.67. The Hall–Kier alpha value is -1.88. The van der Waals surface area contributed by atoms with E-state index in [-0.39, 0.29) is 11.8 Å². The summed E-state index contributed by atoms with van der Waals surface area (Å²) in [5, 5.41) is 2.85. The summed E-state index contributed by atoms with van der Waals surface area (Å²) >= 11 is 0. The number of hydrogen-bond donors (Lipinski definition) is 2. The van der Waals surface area contributed by atoms with Gasteiger partial charge >= 0.3 is 0 Å². The normalized spacial score (nSPS) is 16.5. The van der Waals surface area contributed by atoms with Gasteiger partial charge in [-0.15, -0.1) is 0 Å². The molecule has 0 spiro atoms. The lowest BCUT2D eigenvalue weighted by Crippen LogP contribution is -2.35. The number of carbonyl (C=O) groups excluding carboxylic acids is 2. The Morgan fingerprint density at radius 1 is 1.41 bits per heavy atom. The number of nitrogens with zero attached hydrogens (tertiary/aromatic N) is 1. The predicted molar refractivity (Wildman–Crippen MR) is 87.2 cm³/mol. The van der Waals surface area contributed by atoms with Crippen molar-refractivity contribution in [1.82, 2.24) is 4.90 Å². The third kappa shape index (κ3) is 4.56. The molecule has 120 valence electrons. The molecule has 1 aromatic carbocycles. The monoisotopic (exact) mass is 303 g/mol. The average molecular weight is 303 g/mol. The summed E-state index contributed by atoms with van der Waals surface area (Å²) in [6.45, 7) is 3.42. The quantitative estimate of drug-likeness (QED) is 0.846. The van der Waals surface area contributed by atoms with Gasteiger partial charge in [0.25, 0.3) is 0 Å². The molecule has 3 N–H and O–H groups in total. The highest BCUT2D eigenvalue weighted by Crippen LogP contribution is 2.17. The Kier molecular flexibility index (Phi) is 5.95. The molecule has 0 bridgehead atoms. The van der Waals surface area contributed by atoms with E-state index in [2.05, 4.69) is 5.32 Å². The third-order valence-electron chi connectivity index (χ3n) is 3.93. The summed E-state index contributed by atoms with van der Waals surface area (Å²) in [5.74, 6) is 0.0544. The van der Waals surface area contributed by atoms with Crippen LogP contribution >= 0.6 is 0 Å². The molecule has 1 aromatic rings. The van der Waals surface area contributed by atoms with Gasteiger partial charge in [-0.2, -0.15) is 0 Å². The SMILES string of the molecule is CCCC(N)C(=O)Nc1cccc(CN2CCCCC2=O)c1. The van der Waals surface area contributed by atoms with Gasteiger partial charge in [0.2, 0.25) is 11.8 Å². The zero-order valence-electron chi connectivity index (χ0n) is 13.2. The highest BCUT2D eigenvalue weighted by Gasteiger charge is 2.18. The lowest BCUT2D eigenvalue weighted by Gasteiger charge is -2.27. The first-order valence-corrected chi connectivity index (χ1v) is 8.03. The molecule has 5 nitrogen and oxygen atoms in total. The van der Waals surface area contributed by atoms with Gasteiger partial charge in [0, 0.05) is 25.2 Å². The molecule has 0 radical (unpaired) electrons. The first kappa shape index (κ1) is 16.5. The minimum Gasteiger partial charge on any atom is -0.338 e. The number of likely N-dealkylation sites (tertiary alicyclic amines) is 1. The molecular weight excluding hydrogens is 278 g/mol. The zero-order valence-corrected chi connectivity index (χ0v) is 13.2. The second-order valence-electron chi connectivity index (χ2n) is 5.86. The van der Waals surface area contributed by atoms with Crippen molar-refractivity contribution in [2.75, 3.05) is 11.9 Å². The summed E-state index contributed by atoms with van der Waals surface area (Å²) < 4.78 is 0. The van der Waals surface area contributed by atoms with Crippen LogP contribution in [0.2, 0.25) is 0 Å². The van der Waals surface area contributed by atoms with Crippen LogP contribution in [0.4, 0.5) is 5.69 Å². The lowest BCUT2D eigenvalue weighted by atomic mass is 10.1. The Morgan fingerprint density at radius 2 is 2.23 bits per heavy atom. The number of benzene rings is 1. The van der Waals surface area contributed by atoms with Crippen LogP contribution in [0.1, 0.15) is 44.6 Å². The van der Waals surface area contributed by atoms with Crippen molar-refractivity contribution in [3.05, 3.63) is 29.8 Å². The summed E-state index contributed by atoms with van der Waals surface area (Å²) in [5.41, 5.74) is 7.58. The van der Waals surface area contributed by atoms with E-state index in [0.29, 0.717) is 19.4 Å². The van der Waals surface area contributed by atoms with E-state index in [1.165, 1.54) is 0 Å². The molecule has 2 amide bonds. The second kappa shape index (κ2) is 7.94. The first-order valence-electron chi connectivity index (χ1n) is 8.03. The van der Waals surface area contributed by atoms with Crippen LogP contribution in [-0.2, 0) is 16.1 Å². The van der Waals surface area contributed by atoms with Crippen LogP contribution in [-0.4, -0.2) is 29.3 Å². The van der Waals surface area contributed by atoms with E-state index in [1.807, 2.05) is 36.1 Å². The molecule has 1 saturated heterocycles. The number of nitrogens with two attached hydrogens (primary N) is 1. The lowest BCUT2D eigenvalue weighted by molar-refractivity contribution is -0.133. The minimum absolute atomic E-state index is 0.159. The fraction of sp³-hybridized carbons (Fsp3) is 0.529. The van der Waals surface area contributed by atoms with Gasteiger partial charge in [-0.25, -0.2) is 0 Å². The van der Waals surface area contributed by atoms with Crippen LogP contribution in [0.3, 0.4) is 0 Å². The number of hydrogen-bond acceptors (Lipinski definition) is 3. The molecule has 0 aromatic heterocycles. The van der Waals surface area contributed by atoms with Crippen LogP contribution in [0.25, 0.3) is 0 Å². The van der Waals surface area contributed by atoms with Crippen LogP contribution in [0.15, 0.2) is 24.3 Å². The molecule has 1 fully saturated rings. The number of piperidine rings is 1. The van der Waals surface area contributed by atoms with Gasteiger partial charge in [0.15, 0.2) is 0 Å². The number of carbonyl (C=O) groups is 2. The zero-order chi connectivity index (χ0) is 15.9. The molecule has 0 saturated carbocycles. The van der Waals surface area contributed by atoms with Crippen molar-refractivity contribution in [3.63, 3.8) is 0 Å². The molecule has 5 heteroatoms. The highest BCUT2D eigenvalue weighted by molar-refractivity contribution is 5.94.